The molecule has 0 spiro atoms. The Kier molecular flexibility index (Phi) is 4.84. The maximum Gasteiger partial charge on any atom is 0.338 e. The van der Waals surface area contributed by atoms with Gasteiger partial charge in [-0.25, -0.2) is 4.79 Å². The summed E-state index contributed by atoms with van der Waals surface area (Å²) in [5.74, 6) is -1.84. The monoisotopic (exact) mass is 347 g/mol. The highest BCUT2D eigenvalue weighted by atomic mass is 16.6. The molecule has 0 N–H and O–H groups in total. The van der Waals surface area contributed by atoms with Crippen molar-refractivity contribution in [1.82, 2.24) is 0 Å². The second kappa shape index (κ2) is 6.77. The summed E-state index contributed by atoms with van der Waals surface area (Å²) in [7, 11) is 0. The molecule has 2 heterocycles. The van der Waals surface area contributed by atoms with Crippen molar-refractivity contribution in [3.8, 4) is 0 Å². The molecule has 25 heavy (non-hydrogen) atoms. The van der Waals surface area contributed by atoms with Crippen LogP contribution >= 0.6 is 0 Å². The Hall–Kier alpha value is -1.92. The van der Waals surface area contributed by atoms with Gasteiger partial charge in [0.1, 0.15) is 6.10 Å². The van der Waals surface area contributed by atoms with Crippen molar-refractivity contribution >= 4 is 11.9 Å². The van der Waals surface area contributed by atoms with Crippen LogP contribution in [0.4, 0.5) is 0 Å². The molecule has 2 saturated heterocycles. The number of carboxylic acids is 1. The van der Waals surface area contributed by atoms with E-state index < -0.39 is 11.9 Å². The van der Waals surface area contributed by atoms with Gasteiger partial charge in [-0.2, -0.15) is 0 Å². The lowest BCUT2D eigenvalue weighted by Crippen LogP contribution is -2.64. The number of benzene rings is 1. The first-order valence-electron chi connectivity index (χ1n) is 8.64. The molecule has 6 nitrogen and oxygen atoms in total. The number of carbonyl (C=O) groups excluding carboxylic acids is 2. The summed E-state index contributed by atoms with van der Waals surface area (Å²) in [5, 5.41) is 11.0. The molecule has 0 bridgehead atoms. The number of carboxylic acid groups (broad SMARTS) is 1. The number of rotatable bonds is 7. The van der Waals surface area contributed by atoms with Crippen LogP contribution in [0.1, 0.15) is 47.4 Å². The number of ether oxygens (including phenoxy) is 3. The second-order valence-electron chi connectivity index (χ2n) is 7.07. The van der Waals surface area contributed by atoms with E-state index in [-0.39, 0.29) is 28.1 Å². The summed E-state index contributed by atoms with van der Waals surface area (Å²) < 4.78 is 16.8. The third-order valence-corrected chi connectivity index (χ3v) is 5.64. The Balaban J connectivity index is 1.86. The minimum Gasteiger partial charge on any atom is -0.545 e. The first-order chi connectivity index (χ1) is 12.0. The molecule has 0 atom stereocenters. The van der Waals surface area contributed by atoms with E-state index in [4.69, 9.17) is 14.2 Å². The summed E-state index contributed by atoms with van der Waals surface area (Å²) in [6.45, 7) is 6.38. The van der Waals surface area contributed by atoms with Gasteiger partial charge < -0.3 is 24.1 Å². The van der Waals surface area contributed by atoms with E-state index in [1.54, 1.807) is 6.07 Å². The molecule has 3 rings (SSSR count). The maximum atomic E-state index is 12.7. The van der Waals surface area contributed by atoms with Gasteiger partial charge in [-0.3, -0.25) is 0 Å². The number of aromatic carboxylic acids is 1. The summed E-state index contributed by atoms with van der Waals surface area (Å²) in [5.41, 5.74) is -0.243. The largest absolute Gasteiger partial charge is 0.545 e. The van der Waals surface area contributed by atoms with Crippen LogP contribution in [0, 0.1) is 10.8 Å². The third kappa shape index (κ3) is 3.04. The molecule has 0 saturated carbocycles. The molecule has 2 aliphatic rings. The normalized spacial score (nSPS) is 20.4. The molecular formula is C19H23O6-. The summed E-state index contributed by atoms with van der Waals surface area (Å²) in [4.78, 5) is 23.7. The molecular weight excluding hydrogens is 324 g/mol. The van der Waals surface area contributed by atoms with E-state index in [9.17, 15) is 14.7 Å². The Bertz CT molecular complexity index is 627. The lowest BCUT2D eigenvalue weighted by atomic mass is 9.63. The van der Waals surface area contributed by atoms with Gasteiger partial charge in [0.05, 0.1) is 48.8 Å². The van der Waals surface area contributed by atoms with Crippen LogP contribution in [0.5, 0.6) is 0 Å². The third-order valence-electron chi connectivity index (χ3n) is 5.64. The molecule has 0 amide bonds. The molecule has 6 heteroatoms. The maximum absolute atomic E-state index is 12.7. The Morgan fingerprint density at radius 3 is 2.00 bits per heavy atom. The van der Waals surface area contributed by atoms with Crippen molar-refractivity contribution < 1.29 is 28.9 Å². The molecule has 0 aromatic heterocycles. The number of carbonyl (C=O) groups is 2. The highest BCUT2D eigenvalue weighted by molar-refractivity contribution is 5.94. The summed E-state index contributed by atoms with van der Waals surface area (Å²) in [6, 6.07) is 5.75. The van der Waals surface area contributed by atoms with E-state index in [2.05, 4.69) is 13.8 Å². The first kappa shape index (κ1) is 17.9. The summed E-state index contributed by atoms with van der Waals surface area (Å²) >= 11 is 0. The summed E-state index contributed by atoms with van der Waals surface area (Å²) in [6.07, 6.45) is 1.36. The lowest BCUT2D eigenvalue weighted by Gasteiger charge is -2.56. The lowest BCUT2D eigenvalue weighted by molar-refractivity contribution is -0.258. The minimum atomic E-state index is -1.32. The fourth-order valence-electron chi connectivity index (χ4n) is 3.66. The van der Waals surface area contributed by atoms with E-state index in [1.165, 1.54) is 18.2 Å². The number of hydrogen-bond acceptors (Lipinski definition) is 6. The molecule has 1 aromatic rings. The smallest absolute Gasteiger partial charge is 0.338 e. The second-order valence-corrected chi connectivity index (χ2v) is 7.07. The van der Waals surface area contributed by atoms with Crippen LogP contribution in [0.15, 0.2) is 24.3 Å². The van der Waals surface area contributed by atoms with Crippen molar-refractivity contribution in [2.24, 2.45) is 10.8 Å². The standard InChI is InChI=1S/C19H24O6/c1-3-18(9-23-10-18)17(19(4-2)11-24-12-19)25-16(22)14-7-5-6-13(8-14)15(20)21/h5-8,17H,3-4,9-12H2,1-2H3,(H,20,21)/p-1. The van der Waals surface area contributed by atoms with Crippen molar-refractivity contribution in [3.63, 3.8) is 0 Å². The number of esters is 1. The van der Waals surface area contributed by atoms with E-state index in [0.717, 1.165) is 12.8 Å². The van der Waals surface area contributed by atoms with Gasteiger partial charge in [0.15, 0.2) is 0 Å². The van der Waals surface area contributed by atoms with Gasteiger partial charge in [-0.1, -0.05) is 26.0 Å². The fourth-order valence-corrected chi connectivity index (χ4v) is 3.66. The van der Waals surface area contributed by atoms with E-state index in [1.807, 2.05) is 0 Å². The van der Waals surface area contributed by atoms with Crippen LogP contribution in [0.3, 0.4) is 0 Å². The Morgan fingerprint density at radius 2 is 1.60 bits per heavy atom. The SMILES string of the molecule is CCC1(C(OC(=O)c2cccc(C(=O)[O-])c2)C2(CC)COC2)COC1. The molecule has 2 fully saturated rings. The van der Waals surface area contributed by atoms with Gasteiger partial charge >= 0.3 is 5.97 Å². The van der Waals surface area contributed by atoms with Crippen LogP contribution < -0.4 is 5.11 Å². The van der Waals surface area contributed by atoms with Crippen LogP contribution in [-0.2, 0) is 14.2 Å². The molecule has 2 aliphatic heterocycles. The topological polar surface area (TPSA) is 84.9 Å². The first-order valence-corrected chi connectivity index (χ1v) is 8.64. The van der Waals surface area contributed by atoms with Gasteiger partial charge in [0.25, 0.3) is 0 Å². The van der Waals surface area contributed by atoms with Gasteiger partial charge in [0, 0.05) is 0 Å². The molecule has 0 aliphatic carbocycles. The molecule has 0 unspecified atom stereocenters. The van der Waals surface area contributed by atoms with Crippen molar-refractivity contribution in [3.05, 3.63) is 35.4 Å². The zero-order chi connectivity index (χ0) is 18.1. The van der Waals surface area contributed by atoms with Crippen molar-refractivity contribution in [2.45, 2.75) is 32.8 Å². The predicted molar refractivity (Wildman–Crippen MR) is 87.1 cm³/mol. The highest BCUT2D eigenvalue weighted by Crippen LogP contribution is 2.49. The van der Waals surface area contributed by atoms with Crippen LogP contribution in [-0.4, -0.2) is 44.5 Å². The average molecular weight is 347 g/mol. The predicted octanol–water partition coefficient (Wildman–Crippen LogP) is 1.43. The van der Waals surface area contributed by atoms with E-state index >= 15 is 0 Å². The van der Waals surface area contributed by atoms with E-state index in [0.29, 0.717) is 26.4 Å². The minimum absolute atomic E-state index is 0.0413. The van der Waals surface area contributed by atoms with Gasteiger partial charge in [0.2, 0.25) is 0 Å². The zero-order valence-electron chi connectivity index (χ0n) is 14.6. The Morgan fingerprint density at radius 1 is 1.08 bits per heavy atom. The van der Waals surface area contributed by atoms with Crippen LogP contribution in [0.2, 0.25) is 0 Å². The quantitative estimate of drug-likeness (QED) is 0.694. The van der Waals surface area contributed by atoms with Gasteiger partial charge in [-0.15, -0.1) is 0 Å². The average Bonchev–Trinajstić information content (AvgIpc) is 2.53. The van der Waals surface area contributed by atoms with Crippen molar-refractivity contribution in [1.29, 1.82) is 0 Å². The molecule has 0 radical (unpaired) electrons. The van der Waals surface area contributed by atoms with Crippen LogP contribution in [0.25, 0.3) is 0 Å². The fraction of sp³-hybridized carbons (Fsp3) is 0.579. The number of hydrogen-bond donors (Lipinski definition) is 0. The van der Waals surface area contributed by atoms with Gasteiger partial charge in [-0.05, 0) is 30.5 Å². The highest BCUT2D eigenvalue weighted by Gasteiger charge is 2.58. The Labute approximate surface area is 147 Å². The molecule has 1 aromatic carbocycles. The molecule has 136 valence electrons. The zero-order valence-corrected chi connectivity index (χ0v) is 14.6. The van der Waals surface area contributed by atoms with Crippen molar-refractivity contribution in [2.75, 3.05) is 26.4 Å².